The molecule has 0 fully saturated rings. The first-order valence-corrected chi connectivity index (χ1v) is 9.34. The normalized spacial score (nSPS) is 12.6. The van der Waals surface area contributed by atoms with Crippen molar-refractivity contribution in [2.45, 2.75) is 32.8 Å². The molecule has 8 nitrogen and oxygen atoms in total. The number of Topliss-reactive ketones (excluding diaryl/α,β-unsaturated/α-hetero) is 1. The van der Waals surface area contributed by atoms with Gasteiger partial charge in [0.05, 0.1) is 12.0 Å². The number of nitrogens with one attached hydrogen (secondary N) is 2. The van der Waals surface area contributed by atoms with Gasteiger partial charge in [0.15, 0.2) is 12.4 Å². The van der Waals surface area contributed by atoms with Crippen molar-refractivity contribution in [3.63, 3.8) is 0 Å². The number of benzene rings is 2. The van der Waals surface area contributed by atoms with Crippen LogP contribution < -0.4 is 10.6 Å². The van der Waals surface area contributed by atoms with Gasteiger partial charge in [-0.05, 0) is 68.8 Å². The minimum absolute atomic E-state index is 0.120. The second-order valence-electron chi connectivity index (χ2n) is 7.80. The van der Waals surface area contributed by atoms with Gasteiger partial charge >= 0.3 is 12.1 Å². The topological polar surface area (TPSA) is 111 Å². The van der Waals surface area contributed by atoms with Gasteiger partial charge in [0.1, 0.15) is 5.60 Å². The minimum Gasteiger partial charge on any atom is -0.454 e. The van der Waals surface area contributed by atoms with E-state index in [1.807, 2.05) is 0 Å². The fourth-order valence-corrected chi connectivity index (χ4v) is 2.81. The second-order valence-corrected chi connectivity index (χ2v) is 7.80. The largest absolute Gasteiger partial charge is 0.454 e. The van der Waals surface area contributed by atoms with Crippen LogP contribution in [0.1, 0.15) is 47.1 Å². The Morgan fingerprint density at radius 2 is 1.70 bits per heavy atom. The fourth-order valence-electron chi connectivity index (χ4n) is 2.81. The summed E-state index contributed by atoms with van der Waals surface area (Å²) in [6.07, 6.45) is -0.380. The predicted molar refractivity (Wildman–Crippen MR) is 110 cm³/mol. The highest BCUT2D eigenvalue weighted by molar-refractivity contribution is 6.03. The van der Waals surface area contributed by atoms with Gasteiger partial charge in [-0.1, -0.05) is 0 Å². The summed E-state index contributed by atoms with van der Waals surface area (Å²) < 4.78 is 10.2. The van der Waals surface area contributed by atoms with Crippen LogP contribution in [0.2, 0.25) is 0 Å². The molecule has 30 heavy (non-hydrogen) atoms. The van der Waals surface area contributed by atoms with Crippen LogP contribution in [-0.4, -0.2) is 36.0 Å². The molecule has 2 amide bonds. The highest BCUT2D eigenvalue weighted by Crippen LogP contribution is 2.24. The predicted octanol–water partition coefficient (Wildman–Crippen LogP) is 3.57. The third-order valence-corrected chi connectivity index (χ3v) is 4.15. The molecule has 0 aromatic heterocycles. The van der Waals surface area contributed by atoms with Crippen LogP contribution in [0.4, 0.5) is 16.2 Å². The van der Waals surface area contributed by atoms with Crippen LogP contribution in [0.15, 0.2) is 42.5 Å². The molecule has 2 aromatic rings. The Bertz CT molecular complexity index is 1010. The van der Waals surface area contributed by atoms with E-state index in [2.05, 4.69) is 10.6 Å². The summed E-state index contributed by atoms with van der Waals surface area (Å²) in [5.41, 5.74) is 1.87. The molecule has 0 unspecified atom stereocenters. The van der Waals surface area contributed by atoms with E-state index in [0.29, 0.717) is 16.9 Å². The van der Waals surface area contributed by atoms with Crippen molar-refractivity contribution in [3.05, 3.63) is 59.2 Å². The number of hydrogen-bond acceptors (Lipinski definition) is 6. The Hall–Kier alpha value is -3.68. The summed E-state index contributed by atoms with van der Waals surface area (Å²) in [5.74, 6) is -1.15. The van der Waals surface area contributed by atoms with Crippen LogP contribution in [0, 0.1) is 0 Å². The molecule has 0 atom stereocenters. The number of rotatable bonds is 5. The van der Waals surface area contributed by atoms with E-state index in [1.165, 1.54) is 24.3 Å². The minimum atomic E-state index is -0.662. The number of ketones is 1. The van der Waals surface area contributed by atoms with E-state index < -0.39 is 24.3 Å². The molecule has 0 saturated heterocycles. The monoisotopic (exact) mass is 410 g/mol. The van der Waals surface area contributed by atoms with Crippen LogP contribution in [0.5, 0.6) is 0 Å². The lowest BCUT2D eigenvalue weighted by Crippen LogP contribution is -2.27. The van der Waals surface area contributed by atoms with Crippen LogP contribution in [0.25, 0.3) is 0 Å². The number of amides is 2. The average molecular weight is 410 g/mol. The fraction of sp³-hybridized carbons (Fsp3) is 0.273. The number of fused-ring (bicyclic) bond motifs is 1. The zero-order valence-electron chi connectivity index (χ0n) is 16.9. The van der Waals surface area contributed by atoms with E-state index in [1.54, 1.807) is 39.0 Å². The van der Waals surface area contributed by atoms with Gasteiger partial charge in [0.2, 0.25) is 5.91 Å². The molecule has 8 heteroatoms. The molecule has 0 aliphatic carbocycles. The highest BCUT2D eigenvalue weighted by atomic mass is 16.6. The number of anilines is 2. The number of carbonyl (C=O) groups excluding carboxylic acids is 4. The Morgan fingerprint density at radius 1 is 1.03 bits per heavy atom. The highest BCUT2D eigenvalue weighted by Gasteiger charge is 2.20. The molecule has 3 rings (SSSR count). The maximum atomic E-state index is 12.3. The van der Waals surface area contributed by atoms with Crippen LogP contribution in [0.3, 0.4) is 0 Å². The summed E-state index contributed by atoms with van der Waals surface area (Å²) in [6, 6.07) is 10.9. The first-order chi connectivity index (χ1) is 14.1. The van der Waals surface area contributed by atoms with Gasteiger partial charge < -0.3 is 14.8 Å². The van der Waals surface area contributed by atoms with Gasteiger partial charge in [-0.2, -0.15) is 0 Å². The first-order valence-electron chi connectivity index (χ1n) is 9.34. The second kappa shape index (κ2) is 8.36. The van der Waals surface area contributed by atoms with Crippen molar-refractivity contribution in [2.75, 3.05) is 17.2 Å². The average Bonchev–Trinajstić information content (AvgIpc) is 3.04. The maximum absolute atomic E-state index is 12.3. The van der Waals surface area contributed by atoms with Crippen LogP contribution >= 0.6 is 0 Å². The molecule has 2 N–H and O–H groups in total. The summed E-state index contributed by atoms with van der Waals surface area (Å²) in [6.45, 7) is 4.85. The Kier molecular flexibility index (Phi) is 5.86. The lowest BCUT2D eigenvalue weighted by Gasteiger charge is -2.19. The lowest BCUT2D eigenvalue weighted by atomic mass is 10.1. The molecule has 0 bridgehead atoms. The summed E-state index contributed by atoms with van der Waals surface area (Å²) in [5, 5.41) is 5.26. The molecule has 156 valence electrons. The molecule has 0 saturated carbocycles. The molecule has 1 heterocycles. The number of esters is 1. The smallest absolute Gasteiger partial charge is 0.412 e. The van der Waals surface area contributed by atoms with Gasteiger partial charge in [0.25, 0.3) is 0 Å². The summed E-state index contributed by atoms with van der Waals surface area (Å²) >= 11 is 0. The molecular weight excluding hydrogens is 388 g/mol. The molecular formula is C22H22N2O6. The van der Waals surface area contributed by atoms with E-state index >= 15 is 0 Å². The molecule has 2 aromatic carbocycles. The Balaban J connectivity index is 1.54. The standard InChI is InChI=1S/C22H22N2O6/c1-22(2,3)30-21(28)23-16-7-4-13(5-8-16)20(27)29-12-18(25)14-6-9-17-15(10-14)11-19(26)24-17/h4-10H,11-12H2,1-3H3,(H,23,28)(H,24,26). The van der Waals surface area contributed by atoms with Crippen molar-refractivity contribution in [2.24, 2.45) is 0 Å². The Labute approximate surface area is 173 Å². The van der Waals surface area contributed by atoms with Gasteiger partial charge in [-0.3, -0.25) is 14.9 Å². The zero-order chi connectivity index (χ0) is 21.9. The number of ether oxygens (including phenoxy) is 2. The Morgan fingerprint density at radius 3 is 2.37 bits per heavy atom. The summed E-state index contributed by atoms with van der Waals surface area (Å²) in [4.78, 5) is 47.7. The molecule has 1 aliphatic rings. The van der Waals surface area contributed by atoms with Gasteiger partial charge in [-0.15, -0.1) is 0 Å². The SMILES string of the molecule is CC(C)(C)OC(=O)Nc1ccc(C(=O)OCC(=O)c2ccc3c(c2)CC(=O)N3)cc1. The van der Waals surface area contributed by atoms with Crippen molar-refractivity contribution < 1.29 is 28.7 Å². The van der Waals surface area contributed by atoms with Crippen molar-refractivity contribution >= 4 is 35.1 Å². The van der Waals surface area contributed by atoms with E-state index in [-0.39, 0.29) is 23.7 Å². The van der Waals surface area contributed by atoms with Gasteiger partial charge in [0, 0.05) is 16.9 Å². The van der Waals surface area contributed by atoms with E-state index in [9.17, 15) is 19.2 Å². The maximum Gasteiger partial charge on any atom is 0.412 e. The summed E-state index contributed by atoms with van der Waals surface area (Å²) in [7, 11) is 0. The van der Waals surface area contributed by atoms with E-state index in [0.717, 1.165) is 5.56 Å². The molecule has 0 spiro atoms. The van der Waals surface area contributed by atoms with Crippen LogP contribution in [-0.2, 0) is 20.7 Å². The number of hydrogen-bond donors (Lipinski definition) is 2. The third-order valence-electron chi connectivity index (χ3n) is 4.15. The zero-order valence-corrected chi connectivity index (χ0v) is 16.9. The van der Waals surface area contributed by atoms with E-state index in [4.69, 9.17) is 9.47 Å². The molecule has 1 aliphatic heterocycles. The quantitative estimate of drug-likeness (QED) is 0.576. The van der Waals surface area contributed by atoms with Crippen molar-refractivity contribution in [1.82, 2.24) is 0 Å². The molecule has 0 radical (unpaired) electrons. The van der Waals surface area contributed by atoms with Crippen molar-refractivity contribution in [1.29, 1.82) is 0 Å². The van der Waals surface area contributed by atoms with Crippen molar-refractivity contribution in [3.8, 4) is 0 Å². The third kappa shape index (κ3) is 5.44. The number of carbonyl (C=O) groups is 4. The first kappa shape index (κ1) is 21.0. The lowest BCUT2D eigenvalue weighted by molar-refractivity contribution is -0.115. The van der Waals surface area contributed by atoms with Gasteiger partial charge in [-0.25, -0.2) is 9.59 Å².